The summed E-state index contributed by atoms with van der Waals surface area (Å²) < 4.78 is 6.73. The van der Waals surface area contributed by atoms with E-state index in [9.17, 15) is 4.79 Å². The number of hydrogen-bond donors (Lipinski definition) is 1. The lowest BCUT2D eigenvalue weighted by atomic mass is 10.2. The Hall–Kier alpha value is -3.08. The number of nitrogens with one attached hydrogen (secondary N) is 1. The molecule has 5 nitrogen and oxygen atoms in total. The van der Waals surface area contributed by atoms with Crippen molar-refractivity contribution in [3.8, 4) is 11.4 Å². The van der Waals surface area contributed by atoms with Gasteiger partial charge < -0.3 is 4.74 Å². The van der Waals surface area contributed by atoms with E-state index in [-0.39, 0.29) is 5.56 Å². The highest BCUT2D eigenvalue weighted by atomic mass is 16.5. The molecule has 0 radical (unpaired) electrons. The van der Waals surface area contributed by atoms with Gasteiger partial charge in [-0.1, -0.05) is 24.3 Å². The van der Waals surface area contributed by atoms with Crippen LogP contribution in [0.15, 0.2) is 59.5 Å². The summed E-state index contributed by atoms with van der Waals surface area (Å²) in [6.45, 7) is 0. The van der Waals surface area contributed by atoms with Crippen molar-refractivity contribution < 1.29 is 4.74 Å². The Bertz CT molecular complexity index is 1050. The number of hydrogen-bond acceptors (Lipinski definition) is 3. The van der Waals surface area contributed by atoms with E-state index >= 15 is 0 Å². The number of methoxy groups -OCH3 is 1. The lowest BCUT2D eigenvalue weighted by Gasteiger charge is -2.04. The first-order chi connectivity index (χ1) is 10.8. The second kappa shape index (κ2) is 4.73. The van der Waals surface area contributed by atoms with Gasteiger partial charge in [-0.3, -0.25) is 14.9 Å². The molecule has 0 saturated heterocycles. The van der Waals surface area contributed by atoms with Gasteiger partial charge in [0.15, 0.2) is 0 Å². The molecule has 1 N–H and O–H groups in total. The topological polar surface area (TPSA) is 59.9 Å². The number of H-pyrrole nitrogens is 1. The Balaban J connectivity index is 2.05. The molecule has 0 aliphatic carbocycles. The average Bonchev–Trinajstić information content (AvgIpc) is 2.92. The SMILES string of the molecule is COc1cccc(-n2[nH]c3c(cnc4ccccc43)c2=O)c1. The Labute approximate surface area is 125 Å². The first kappa shape index (κ1) is 12.6. The van der Waals surface area contributed by atoms with E-state index in [1.807, 2.05) is 48.5 Å². The third-order valence-corrected chi connectivity index (χ3v) is 3.74. The second-order valence-electron chi connectivity index (χ2n) is 5.02. The van der Waals surface area contributed by atoms with Gasteiger partial charge in [0.1, 0.15) is 5.75 Å². The molecule has 22 heavy (non-hydrogen) atoms. The molecule has 2 aromatic heterocycles. The second-order valence-corrected chi connectivity index (χ2v) is 5.02. The molecule has 0 aliphatic rings. The number of fused-ring (bicyclic) bond motifs is 3. The summed E-state index contributed by atoms with van der Waals surface area (Å²) in [5.74, 6) is 0.700. The zero-order chi connectivity index (χ0) is 15.1. The molecule has 0 atom stereocenters. The number of nitrogens with zero attached hydrogens (tertiary/aromatic N) is 2. The van der Waals surface area contributed by atoms with Gasteiger partial charge in [-0.2, -0.15) is 0 Å². The molecule has 0 saturated carbocycles. The maximum absolute atomic E-state index is 12.6. The fraction of sp³-hybridized carbons (Fsp3) is 0.0588. The van der Waals surface area contributed by atoms with Gasteiger partial charge in [-0.05, 0) is 18.2 Å². The molecule has 5 heteroatoms. The van der Waals surface area contributed by atoms with Gasteiger partial charge in [0, 0.05) is 17.6 Å². The quantitative estimate of drug-likeness (QED) is 0.618. The van der Waals surface area contributed by atoms with Crippen molar-refractivity contribution in [2.75, 3.05) is 7.11 Å². The molecule has 4 rings (SSSR count). The number of para-hydroxylation sites is 1. The van der Waals surface area contributed by atoms with Gasteiger partial charge in [0.05, 0.1) is 29.2 Å². The fourth-order valence-corrected chi connectivity index (χ4v) is 2.64. The van der Waals surface area contributed by atoms with Crippen LogP contribution in [0.5, 0.6) is 5.75 Å². The van der Waals surface area contributed by atoms with Crippen molar-refractivity contribution in [3.63, 3.8) is 0 Å². The van der Waals surface area contributed by atoms with Gasteiger partial charge in [0.25, 0.3) is 5.56 Å². The minimum absolute atomic E-state index is 0.124. The Morgan fingerprint density at radius 1 is 1.09 bits per heavy atom. The van der Waals surface area contributed by atoms with Crippen LogP contribution < -0.4 is 10.3 Å². The zero-order valence-electron chi connectivity index (χ0n) is 11.9. The molecule has 0 unspecified atom stereocenters. The summed E-state index contributed by atoms with van der Waals surface area (Å²) in [4.78, 5) is 17.0. The van der Waals surface area contributed by atoms with Gasteiger partial charge in [-0.25, -0.2) is 4.68 Å². The van der Waals surface area contributed by atoms with Crippen LogP contribution in [-0.2, 0) is 0 Å². The molecule has 2 heterocycles. The molecule has 2 aromatic carbocycles. The van der Waals surface area contributed by atoms with E-state index in [0.29, 0.717) is 11.1 Å². The Kier molecular flexibility index (Phi) is 2.72. The van der Waals surface area contributed by atoms with Crippen molar-refractivity contribution in [1.29, 1.82) is 0 Å². The minimum Gasteiger partial charge on any atom is -0.497 e. The van der Waals surface area contributed by atoms with E-state index in [1.165, 1.54) is 4.68 Å². The molecular weight excluding hydrogens is 278 g/mol. The largest absolute Gasteiger partial charge is 0.497 e. The number of ether oxygens (including phenoxy) is 1. The van der Waals surface area contributed by atoms with Crippen LogP contribution in [0.3, 0.4) is 0 Å². The van der Waals surface area contributed by atoms with E-state index in [1.54, 1.807) is 13.3 Å². The average molecular weight is 291 g/mol. The fourth-order valence-electron chi connectivity index (χ4n) is 2.64. The lowest BCUT2D eigenvalue weighted by molar-refractivity contribution is 0.414. The number of aromatic nitrogens is 3. The highest BCUT2D eigenvalue weighted by Gasteiger charge is 2.11. The molecule has 0 spiro atoms. The Morgan fingerprint density at radius 3 is 2.82 bits per heavy atom. The minimum atomic E-state index is -0.124. The number of pyridine rings is 1. The summed E-state index contributed by atoms with van der Waals surface area (Å²) in [6.07, 6.45) is 1.62. The molecule has 0 bridgehead atoms. The third kappa shape index (κ3) is 1.79. The summed E-state index contributed by atoms with van der Waals surface area (Å²) in [7, 11) is 1.60. The summed E-state index contributed by atoms with van der Waals surface area (Å²) >= 11 is 0. The number of benzene rings is 2. The van der Waals surface area contributed by atoms with Crippen LogP contribution in [0.1, 0.15) is 0 Å². The number of aromatic amines is 1. The standard InChI is InChI=1S/C17H13N3O2/c1-22-12-6-4-5-11(9-12)20-17(21)14-10-18-15-8-3-2-7-13(15)16(14)19-20/h2-10,19H,1H3. The van der Waals surface area contributed by atoms with Crippen molar-refractivity contribution in [1.82, 2.24) is 14.8 Å². The van der Waals surface area contributed by atoms with Gasteiger partial charge in [0.2, 0.25) is 0 Å². The summed E-state index contributed by atoms with van der Waals surface area (Å²) in [6, 6.07) is 15.1. The summed E-state index contributed by atoms with van der Waals surface area (Å²) in [5, 5.41) is 4.68. The predicted octanol–water partition coefficient (Wildman–Crippen LogP) is 2.88. The highest BCUT2D eigenvalue weighted by Crippen LogP contribution is 2.21. The van der Waals surface area contributed by atoms with Crippen molar-refractivity contribution in [2.24, 2.45) is 0 Å². The predicted molar refractivity (Wildman–Crippen MR) is 85.7 cm³/mol. The third-order valence-electron chi connectivity index (χ3n) is 3.74. The van der Waals surface area contributed by atoms with Gasteiger partial charge in [-0.15, -0.1) is 0 Å². The van der Waals surface area contributed by atoms with E-state index in [4.69, 9.17) is 4.74 Å². The molecule has 108 valence electrons. The first-order valence-corrected chi connectivity index (χ1v) is 6.91. The maximum Gasteiger partial charge on any atom is 0.280 e. The van der Waals surface area contributed by atoms with Crippen molar-refractivity contribution >= 4 is 21.8 Å². The van der Waals surface area contributed by atoms with E-state index in [0.717, 1.165) is 22.1 Å². The Morgan fingerprint density at radius 2 is 1.95 bits per heavy atom. The number of rotatable bonds is 2. The van der Waals surface area contributed by atoms with Crippen LogP contribution in [0.2, 0.25) is 0 Å². The molecule has 4 aromatic rings. The van der Waals surface area contributed by atoms with Crippen LogP contribution in [0.4, 0.5) is 0 Å². The van der Waals surface area contributed by atoms with E-state index in [2.05, 4.69) is 10.1 Å². The van der Waals surface area contributed by atoms with Crippen LogP contribution in [0, 0.1) is 0 Å². The first-order valence-electron chi connectivity index (χ1n) is 6.91. The van der Waals surface area contributed by atoms with Crippen LogP contribution >= 0.6 is 0 Å². The molecule has 0 aliphatic heterocycles. The highest BCUT2D eigenvalue weighted by molar-refractivity contribution is 6.02. The van der Waals surface area contributed by atoms with Crippen LogP contribution in [0.25, 0.3) is 27.5 Å². The maximum atomic E-state index is 12.6. The normalized spacial score (nSPS) is 11.1. The van der Waals surface area contributed by atoms with E-state index < -0.39 is 0 Å². The zero-order valence-corrected chi connectivity index (χ0v) is 11.9. The molecule has 0 amide bonds. The smallest absolute Gasteiger partial charge is 0.280 e. The summed E-state index contributed by atoms with van der Waals surface area (Å²) in [5.41, 5.74) is 2.25. The van der Waals surface area contributed by atoms with Gasteiger partial charge >= 0.3 is 0 Å². The monoisotopic (exact) mass is 291 g/mol. The van der Waals surface area contributed by atoms with Crippen LogP contribution in [-0.4, -0.2) is 21.9 Å². The lowest BCUT2D eigenvalue weighted by Crippen LogP contribution is -2.14. The molecule has 0 fully saturated rings. The van der Waals surface area contributed by atoms with Crippen molar-refractivity contribution in [2.45, 2.75) is 0 Å². The van der Waals surface area contributed by atoms with Crippen molar-refractivity contribution in [3.05, 3.63) is 65.1 Å². The molecular formula is C17H13N3O2.